The second-order valence-corrected chi connectivity index (χ2v) is 4.09. The minimum Gasteiger partial charge on any atom is -0.506 e. The molecule has 2 rings (SSSR count). The second-order valence-electron chi connectivity index (χ2n) is 2.35. The van der Waals surface area contributed by atoms with E-state index in [-0.39, 0.29) is 11.6 Å². The van der Waals surface area contributed by atoms with Crippen LogP contribution in [-0.4, -0.2) is 5.11 Å². The van der Waals surface area contributed by atoms with Gasteiger partial charge in [-0.25, -0.2) is 4.39 Å². The van der Waals surface area contributed by atoms with E-state index in [1.54, 1.807) is 6.07 Å². The monoisotopic (exact) mass is 246 g/mol. The van der Waals surface area contributed by atoms with Gasteiger partial charge in [0.05, 0.1) is 10.1 Å². The third kappa shape index (κ3) is 1.03. The number of hydrogen-bond acceptors (Lipinski definition) is 2. The molecule has 0 radical (unpaired) electrons. The SMILES string of the molecule is Oc1csc2c(F)ccc(Br)c12. The van der Waals surface area contributed by atoms with Crippen LogP contribution in [0.1, 0.15) is 0 Å². The largest absolute Gasteiger partial charge is 0.506 e. The number of fused-ring (bicyclic) bond motifs is 1. The van der Waals surface area contributed by atoms with E-state index in [1.807, 2.05) is 0 Å². The van der Waals surface area contributed by atoms with Crippen LogP contribution >= 0.6 is 27.3 Å². The highest BCUT2D eigenvalue weighted by Gasteiger charge is 2.09. The van der Waals surface area contributed by atoms with Crippen molar-refractivity contribution in [1.29, 1.82) is 0 Å². The summed E-state index contributed by atoms with van der Waals surface area (Å²) in [4.78, 5) is 0. The van der Waals surface area contributed by atoms with E-state index >= 15 is 0 Å². The summed E-state index contributed by atoms with van der Waals surface area (Å²) in [5.41, 5.74) is 0. The number of thiophene rings is 1. The third-order valence-corrected chi connectivity index (χ3v) is 3.24. The quantitative estimate of drug-likeness (QED) is 0.755. The van der Waals surface area contributed by atoms with E-state index in [2.05, 4.69) is 15.9 Å². The maximum Gasteiger partial charge on any atom is 0.141 e. The van der Waals surface area contributed by atoms with E-state index < -0.39 is 0 Å². The third-order valence-electron chi connectivity index (χ3n) is 1.60. The van der Waals surface area contributed by atoms with E-state index in [9.17, 15) is 9.50 Å². The van der Waals surface area contributed by atoms with Gasteiger partial charge < -0.3 is 5.11 Å². The van der Waals surface area contributed by atoms with Crippen molar-refractivity contribution in [3.63, 3.8) is 0 Å². The van der Waals surface area contributed by atoms with E-state index in [0.29, 0.717) is 10.1 Å². The van der Waals surface area contributed by atoms with Crippen LogP contribution in [0.25, 0.3) is 10.1 Å². The molecule has 4 heteroatoms. The molecule has 12 heavy (non-hydrogen) atoms. The lowest BCUT2D eigenvalue weighted by Crippen LogP contribution is -1.74. The predicted octanol–water partition coefficient (Wildman–Crippen LogP) is 3.51. The summed E-state index contributed by atoms with van der Waals surface area (Å²) in [5, 5.41) is 11.4. The first-order valence-electron chi connectivity index (χ1n) is 3.24. The van der Waals surface area contributed by atoms with Crippen molar-refractivity contribution in [2.24, 2.45) is 0 Å². The minimum absolute atomic E-state index is 0.126. The lowest BCUT2D eigenvalue weighted by Gasteiger charge is -1.95. The summed E-state index contributed by atoms with van der Waals surface area (Å²) >= 11 is 4.44. The van der Waals surface area contributed by atoms with Crippen molar-refractivity contribution >= 4 is 37.4 Å². The predicted molar refractivity (Wildman–Crippen MR) is 51.1 cm³/mol. The van der Waals surface area contributed by atoms with Gasteiger partial charge in [0.25, 0.3) is 0 Å². The molecule has 0 amide bonds. The lowest BCUT2D eigenvalue weighted by molar-refractivity contribution is 0.483. The number of halogens is 2. The summed E-state index contributed by atoms with van der Waals surface area (Å²) in [6.07, 6.45) is 0. The van der Waals surface area contributed by atoms with Gasteiger partial charge in [-0.1, -0.05) is 0 Å². The molecule has 0 saturated carbocycles. The molecule has 0 spiro atoms. The highest BCUT2D eigenvalue weighted by Crippen LogP contribution is 2.37. The van der Waals surface area contributed by atoms with Crippen LogP contribution in [0.4, 0.5) is 4.39 Å². The van der Waals surface area contributed by atoms with Crippen LogP contribution in [-0.2, 0) is 0 Å². The first kappa shape index (κ1) is 8.01. The van der Waals surface area contributed by atoms with Gasteiger partial charge in [0, 0.05) is 9.85 Å². The molecule has 1 aromatic heterocycles. The van der Waals surface area contributed by atoms with Gasteiger partial charge in [0.2, 0.25) is 0 Å². The number of hydrogen-bond donors (Lipinski definition) is 1. The molecule has 0 bridgehead atoms. The Morgan fingerprint density at radius 1 is 1.42 bits per heavy atom. The Morgan fingerprint density at radius 2 is 2.17 bits per heavy atom. The summed E-state index contributed by atoms with van der Waals surface area (Å²) in [5.74, 6) is -0.167. The molecule has 0 aliphatic carbocycles. The topological polar surface area (TPSA) is 20.2 Å². The molecule has 0 atom stereocenters. The van der Waals surface area contributed by atoms with Gasteiger partial charge in [-0.3, -0.25) is 0 Å². The molecule has 1 aromatic carbocycles. The first-order chi connectivity index (χ1) is 5.70. The maximum atomic E-state index is 13.1. The molecule has 0 aliphatic rings. The number of rotatable bonds is 0. The van der Waals surface area contributed by atoms with E-state index in [1.165, 1.54) is 22.8 Å². The number of benzene rings is 1. The zero-order valence-corrected chi connectivity index (χ0v) is 8.25. The van der Waals surface area contributed by atoms with Gasteiger partial charge in [0.1, 0.15) is 11.6 Å². The molecule has 1 N–H and O–H groups in total. The maximum absolute atomic E-state index is 13.1. The van der Waals surface area contributed by atoms with Gasteiger partial charge in [0.15, 0.2) is 0 Å². The Labute approximate surface area is 80.6 Å². The van der Waals surface area contributed by atoms with Crippen LogP contribution in [0.3, 0.4) is 0 Å². The van der Waals surface area contributed by atoms with Crippen molar-refractivity contribution in [1.82, 2.24) is 0 Å². The Bertz CT molecular complexity index is 438. The fourth-order valence-electron chi connectivity index (χ4n) is 1.06. The molecule has 0 aliphatic heterocycles. The van der Waals surface area contributed by atoms with Gasteiger partial charge in [-0.15, -0.1) is 11.3 Å². The molecule has 2 aromatic rings. The number of aromatic hydroxyl groups is 1. The Hall–Kier alpha value is -0.610. The van der Waals surface area contributed by atoms with E-state index in [4.69, 9.17) is 0 Å². The van der Waals surface area contributed by atoms with Crippen molar-refractivity contribution in [2.45, 2.75) is 0 Å². The average Bonchev–Trinajstić information content (AvgIpc) is 2.42. The van der Waals surface area contributed by atoms with Crippen LogP contribution in [0.2, 0.25) is 0 Å². The molecular formula is C8H4BrFOS. The summed E-state index contributed by atoms with van der Waals surface area (Å²) < 4.78 is 14.3. The minimum atomic E-state index is -0.293. The molecule has 62 valence electrons. The van der Waals surface area contributed by atoms with Crippen LogP contribution in [0.5, 0.6) is 5.75 Å². The summed E-state index contributed by atoms with van der Waals surface area (Å²) in [7, 11) is 0. The molecule has 0 unspecified atom stereocenters. The second kappa shape index (κ2) is 2.71. The molecule has 0 fully saturated rings. The fourth-order valence-corrected chi connectivity index (χ4v) is 2.59. The lowest BCUT2D eigenvalue weighted by atomic mass is 10.2. The van der Waals surface area contributed by atoms with Crippen LogP contribution in [0, 0.1) is 5.82 Å². The van der Waals surface area contributed by atoms with Crippen molar-refractivity contribution in [3.8, 4) is 5.75 Å². The normalized spacial score (nSPS) is 10.8. The standard InChI is InChI=1S/C8H4BrFOS/c9-4-1-2-5(10)8-7(4)6(11)3-12-8/h1-3,11H. The zero-order chi connectivity index (χ0) is 8.72. The Kier molecular flexibility index (Phi) is 1.81. The van der Waals surface area contributed by atoms with Crippen molar-refractivity contribution < 1.29 is 9.50 Å². The molecule has 1 nitrogen and oxygen atoms in total. The Morgan fingerprint density at radius 3 is 2.83 bits per heavy atom. The fraction of sp³-hybridized carbons (Fsp3) is 0. The Balaban J connectivity index is 2.98. The molecule has 0 saturated heterocycles. The van der Waals surface area contributed by atoms with E-state index in [0.717, 1.165) is 4.47 Å². The van der Waals surface area contributed by atoms with Crippen LogP contribution < -0.4 is 0 Å². The molecule has 1 heterocycles. The van der Waals surface area contributed by atoms with Gasteiger partial charge in [-0.05, 0) is 28.1 Å². The highest BCUT2D eigenvalue weighted by atomic mass is 79.9. The zero-order valence-electron chi connectivity index (χ0n) is 5.84. The van der Waals surface area contributed by atoms with Crippen LogP contribution in [0.15, 0.2) is 22.0 Å². The van der Waals surface area contributed by atoms with Gasteiger partial charge >= 0.3 is 0 Å². The van der Waals surface area contributed by atoms with Gasteiger partial charge in [-0.2, -0.15) is 0 Å². The summed E-state index contributed by atoms with van der Waals surface area (Å²) in [6.45, 7) is 0. The van der Waals surface area contributed by atoms with Crippen molar-refractivity contribution in [3.05, 3.63) is 27.8 Å². The highest BCUT2D eigenvalue weighted by molar-refractivity contribution is 9.10. The van der Waals surface area contributed by atoms with Crippen molar-refractivity contribution in [2.75, 3.05) is 0 Å². The smallest absolute Gasteiger partial charge is 0.141 e. The first-order valence-corrected chi connectivity index (χ1v) is 4.91. The molecular weight excluding hydrogens is 243 g/mol. The average molecular weight is 247 g/mol. The summed E-state index contributed by atoms with van der Waals surface area (Å²) in [6, 6.07) is 2.96.